The highest BCUT2D eigenvalue weighted by Gasteiger charge is 2.28. The van der Waals surface area contributed by atoms with Crippen LogP contribution in [0.4, 0.5) is 0 Å². The first-order chi connectivity index (χ1) is 8.91. The van der Waals surface area contributed by atoms with Crippen LogP contribution in [0.2, 0.25) is 0 Å². The molecule has 1 aromatic carbocycles. The molecule has 0 radical (unpaired) electrons. The molecule has 0 aliphatic carbocycles. The van der Waals surface area contributed by atoms with Gasteiger partial charge in [-0.1, -0.05) is 0 Å². The highest BCUT2D eigenvalue weighted by atomic mass is 16.5. The highest BCUT2D eigenvalue weighted by Crippen LogP contribution is 2.42. The molecular formula is C15H20O4. The maximum Gasteiger partial charge on any atom is 0.302 e. The molecule has 0 amide bonds. The third kappa shape index (κ3) is 2.53. The van der Waals surface area contributed by atoms with Crippen molar-refractivity contribution in [2.45, 2.75) is 46.6 Å². The standard InChI is InChI=1S/C15H20O4/c1-8-9(2)15-13(10(3)14(8)17)7-12(19-15)5-6-18-11(4)16/h12,17H,5-7H2,1-4H3. The van der Waals surface area contributed by atoms with Crippen molar-refractivity contribution in [1.29, 1.82) is 0 Å². The summed E-state index contributed by atoms with van der Waals surface area (Å²) in [7, 11) is 0. The normalized spacial score (nSPS) is 16.9. The van der Waals surface area contributed by atoms with Gasteiger partial charge in [-0.25, -0.2) is 0 Å². The number of ether oxygens (including phenoxy) is 2. The number of fused-ring (bicyclic) bond motifs is 1. The predicted molar refractivity (Wildman–Crippen MR) is 71.7 cm³/mol. The Morgan fingerprint density at radius 2 is 2.00 bits per heavy atom. The number of rotatable bonds is 3. The van der Waals surface area contributed by atoms with Crippen LogP contribution in [0, 0.1) is 20.8 Å². The first-order valence-corrected chi connectivity index (χ1v) is 6.53. The Morgan fingerprint density at radius 3 is 2.63 bits per heavy atom. The molecule has 2 rings (SSSR count). The minimum absolute atomic E-state index is 0.0212. The number of esters is 1. The van der Waals surface area contributed by atoms with E-state index in [4.69, 9.17) is 9.47 Å². The number of hydrogen-bond donors (Lipinski definition) is 1. The Morgan fingerprint density at radius 1 is 1.32 bits per heavy atom. The molecule has 1 N–H and O–H groups in total. The predicted octanol–water partition coefficient (Wildman–Crippen LogP) is 2.57. The van der Waals surface area contributed by atoms with E-state index in [1.807, 2.05) is 20.8 Å². The van der Waals surface area contributed by atoms with Crippen molar-refractivity contribution >= 4 is 5.97 Å². The second-order valence-electron chi connectivity index (χ2n) is 5.10. The molecule has 1 atom stereocenters. The molecule has 1 aliphatic heterocycles. The lowest BCUT2D eigenvalue weighted by Crippen LogP contribution is -2.16. The molecular weight excluding hydrogens is 244 g/mol. The summed E-state index contributed by atoms with van der Waals surface area (Å²) >= 11 is 0. The van der Waals surface area contributed by atoms with Gasteiger partial charge in [-0.2, -0.15) is 0 Å². The molecule has 0 aromatic heterocycles. The van der Waals surface area contributed by atoms with Gasteiger partial charge in [-0.15, -0.1) is 0 Å². The lowest BCUT2D eigenvalue weighted by Gasteiger charge is -2.13. The SMILES string of the molecule is CC(=O)OCCC1Cc2c(C)c(O)c(C)c(C)c2O1. The number of carbonyl (C=O) groups excluding carboxylic acids is 1. The minimum Gasteiger partial charge on any atom is -0.507 e. The first-order valence-electron chi connectivity index (χ1n) is 6.53. The Kier molecular flexibility index (Phi) is 3.69. The van der Waals surface area contributed by atoms with Gasteiger partial charge in [0.2, 0.25) is 0 Å². The summed E-state index contributed by atoms with van der Waals surface area (Å²) < 4.78 is 10.9. The Bertz CT molecular complexity index is 483. The van der Waals surface area contributed by atoms with Crippen LogP contribution >= 0.6 is 0 Å². The summed E-state index contributed by atoms with van der Waals surface area (Å²) in [6.45, 7) is 7.55. The maximum absolute atomic E-state index is 10.7. The Balaban J connectivity index is 2.14. The van der Waals surface area contributed by atoms with Crippen LogP contribution in [0.1, 0.15) is 35.6 Å². The minimum atomic E-state index is -0.267. The van der Waals surface area contributed by atoms with Crippen molar-refractivity contribution < 1.29 is 19.4 Å². The molecule has 4 heteroatoms. The smallest absolute Gasteiger partial charge is 0.302 e. The second-order valence-corrected chi connectivity index (χ2v) is 5.10. The molecule has 4 nitrogen and oxygen atoms in total. The monoisotopic (exact) mass is 264 g/mol. The van der Waals surface area contributed by atoms with Crippen molar-refractivity contribution in [1.82, 2.24) is 0 Å². The van der Waals surface area contributed by atoms with Gasteiger partial charge in [0.15, 0.2) is 0 Å². The van der Waals surface area contributed by atoms with Crippen molar-refractivity contribution in [3.63, 3.8) is 0 Å². The summed E-state index contributed by atoms with van der Waals surface area (Å²) in [5, 5.41) is 10.1. The van der Waals surface area contributed by atoms with E-state index in [9.17, 15) is 9.90 Å². The van der Waals surface area contributed by atoms with Crippen LogP contribution in [-0.4, -0.2) is 23.8 Å². The van der Waals surface area contributed by atoms with E-state index in [0.717, 1.165) is 34.4 Å². The van der Waals surface area contributed by atoms with Crippen LogP contribution in [0.5, 0.6) is 11.5 Å². The average Bonchev–Trinajstić information content (AvgIpc) is 2.77. The zero-order valence-corrected chi connectivity index (χ0v) is 11.9. The van der Waals surface area contributed by atoms with E-state index in [2.05, 4.69) is 0 Å². The van der Waals surface area contributed by atoms with Gasteiger partial charge < -0.3 is 14.6 Å². The van der Waals surface area contributed by atoms with Crippen molar-refractivity contribution in [3.05, 3.63) is 22.3 Å². The van der Waals surface area contributed by atoms with Crippen molar-refractivity contribution in [2.24, 2.45) is 0 Å². The number of hydrogen-bond acceptors (Lipinski definition) is 4. The van der Waals surface area contributed by atoms with Gasteiger partial charge >= 0.3 is 5.97 Å². The molecule has 0 fully saturated rings. The summed E-state index contributed by atoms with van der Waals surface area (Å²) in [6, 6.07) is 0. The fraction of sp³-hybridized carbons (Fsp3) is 0.533. The van der Waals surface area contributed by atoms with Crippen LogP contribution < -0.4 is 4.74 Å². The van der Waals surface area contributed by atoms with Gasteiger partial charge in [0.25, 0.3) is 0 Å². The largest absolute Gasteiger partial charge is 0.507 e. The Hall–Kier alpha value is -1.71. The van der Waals surface area contributed by atoms with Gasteiger partial charge in [0.05, 0.1) is 6.61 Å². The number of benzene rings is 1. The van der Waals surface area contributed by atoms with E-state index in [1.165, 1.54) is 6.92 Å². The number of carbonyl (C=O) groups is 1. The lowest BCUT2D eigenvalue weighted by atomic mass is 9.96. The molecule has 19 heavy (non-hydrogen) atoms. The summed E-state index contributed by atoms with van der Waals surface area (Å²) in [6.07, 6.45) is 1.46. The Labute approximate surface area is 113 Å². The topological polar surface area (TPSA) is 55.8 Å². The molecule has 0 bridgehead atoms. The molecule has 0 saturated heterocycles. The van der Waals surface area contributed by atoms with Gasteiger partial charge in [0.1, 0.15) is 17.6 Å². The molecule has 1 unspecified atom stereocenters. The van der Waals surface area contributed by atoms with Gasteiger partial charge in [-0.05, 0) is 37.5 Å². The second kappa shape index (κ2) is 5.11. The van der Waals surface area contributed by atoms with Gasteiger partial charge in [0, 0.05) is 25.3 Å². The summed E-state index contributed by atoms with van der Waals surface area (Å²) in [5.41, 5.74) is 3.84. The molecule has 1 aromatic rings. The van der Waals surface area contributed by atoms with E-state index < -0.39 is 0 Å². The summed E-state index contributed by atoms with van der Waals surface area (Å²) in [4.78, 5) is 10.7. The molecule has 104 valence electrons. The van der Waals surface area contributed by atoms with E-state index in [1.54, 1.807) is 0 Å². The number of aromatic hydroxyl groups is 1. The van der Waals surface area contributed by atoms with Crippen molar-refractivity contribution in [2.75, 3.05) is 6.61 Å². The van der Waals surface area contributed by atoms with Crippen LogP contribution in [0.3, 0.4) is 0 Å². The fourth-order valence-electron chi connectivity index (χ4n) is 2.51. The van der Waals surface area contributed by atoms with E-state index >= 15 is 0 Å². The zero-order chi connectivity index (χ0) is 14.2. The van der Waals surface area contributed by atoms with Gasteiger partial charge in [-0.3, -0.25) is 4.79 Å². The van der Waals surface area contributed by atoms with Crippen LogP contribution in [-0.2, 0) is 16.0 Å². The highest BCUT2D eigenvalue weighted by molar-refractivity contribution is 5.65. The third-order valence-corrected chi connectivity index (χ3v) is 3.80. The molecule has 1 heterocycles. The lowest BCUT2D eigenvalue weighted by molar-refractivity contribution is -0.141. The van der Waals surface area contributed by atoms with E-state index in [0.29, 0.717) is 18.8 Å². The fourth-order valence-corrected chi connectivity index (χ4v) is 2.51. The average molecular weight is 264 g/mol. The quantitative estimate of drug-likeness (QED) is 0.852. The molecule has 0 saturated carbocycles. The number of phenols is 1. The van der Waals surface area contributed by atoms with Crippen LogP contribution in [0.25, 0.3) is 0 Å². The maximum atomic E-state index is 10.7. The zero-order valence-electron chi connectivity index (χ0n) is 11.9. The summed E-state index contributed by atoms with van der Waals surface area (Å²) in [5.74, 6) is 0.984. The van der Waals surface area contributed by atoms with Crippen molar-refractivity contribution in [3.8, 4) is 11.5 Å². The van der Waals surface area contributed by atoms with E-state index in [-0.39, 0.29) is 12.1 Å². The first kappa shape index (κ1) is 13.7. The van der Waals surface area contributed by atoms with Crippen LogP contribution in [0.15, 0.2) is 0 Å². The number of phenolic OH excluding ortho intramolecular Hbond substituents is 1. The third-order valence-electron chi connectivity index (χ3n) is 3.80. The molecule has 0 spiro atoms. The molecule has 1 aliphatic rings.